The maximum atomic E-state index is 11.2. The average molecular weight is 272 g/mol. The van der Waals surface area contributed by atoms with Crippen LogP contribution in [-0.4, -0.2) is 16.6 Å². The fraction of sp³-hybridized carbons (Fsp3) is 0.500. The highest BCUT2D eigenvalue weighted by molar-refractivity contribution is 5.70. The lowest BCUT2D eigenvalue weighted by molar-refractivity contribution is -0.138. The lowest BCUT2D eigenvalue weighted by atomic mass is 9.79. The Bertz CT molecular complexity index is 540. The van der Waals surface area contributed by atoms with Crippen LogP contribution in [0.2, 0.25) is 0 Å². The standard InChI is InChI=1S/C16H20N2O2/c1-12-5-6-14(13(9-12)11-17)18-16(10-15(19)20)7-3-2-4-8-16/h5-6,9,18H,2-4,7-8,10H2,1H3,(H,19,20). The summed E-state index contributed by atoms with van der Waals surface area (Å²) in [5.74, 6) is -0.787. The summed E-state index contributed by atoms with van der Waals surface area (Å²) in [4.78, 5) is 11.2. The van der Waals surface area contributed by atoms with Gasteiger partial charge in [-0.3, -0.25) is 4.79 Å². The van der Waals surface area contributed by atoms with Crippen molar-refractivity contribution in [3.05, 3.63) is 29.3 Å². The van der Waals surface area contributed by atoms with Gasteiger partial charge >= 0.3 is 5.97 Å². The van der Waals surface area contributed by atoms with E-state index in [2.05, 4.69) is 11.4 Å². The summed E-state index contributed by atoms with van der Waals surface area (Å²) in [6.07, 6.45) is 5.02. The molecule has 4 heteroatoms. The number of benzene rings is 1. The predicted molar refractivity (Wildman–Crippen MR) is 77.6 cm³/mol. The van der Waals surface area contributed by atoms with Crippen LogP contribution in [0.15, 0.2) is 18.2 Å². The third-order valence-corrected chi connectivity index (χ3v) is 4.00. The minimum atomic E-state index is -0.787. The Kier molecular flexibility index (Phi) is 4.29. The van der Waals surface area contributed by atoms with Crippen LogP contribution in [0.4, 0.5) is 5.69 Å². The first-order valence-electron chi connectivity index (χ1n) is 7.05. The SMILES string of the molecule is Cc1ccc(NC2(CC(=O)O)CCCCC2)c(C#N)c1. The van der Waals surface area contributed by atoms with E-state index in [0.29, 0.717) is 5.56 Å². The summed E-state index contributed by atoms with van der Waals surface area (Å²) >= 11 is 0. The number of hydrogen-bond acceptors (Lipinski definition) is 3. The normalized spacial score (nSPS) is 17.2. The predicted octanol–water partition coefficient (Wildman–Crippen LogP) is 3.46. The summed E-state index contributed by atoms with van der Waals surface area (Å²) in [6.45, 7) is 1.94. The maximum absolute atomic E-state index is 11.2. The van der Waals surface area contributed by atoms with Crippen molar-refractivity contribution < 1.29 is 9.90 Å². The Morgan fingerprint density at radius 3 is 2.70 bits per heavy atom. The molecule has 1 aromatic carbocycles. The van der Waals surface area contributed by atoms with E-state index in [1.54, 1.807) is 0 Å². The summed E-state index contributed by atoms with van der Waals surface area (Å²) < 4.78 is 0. The van der Waals surface area contributed by atoms with Crippen molar-refractivity contribution in [2.24, 2.45) is 0 Å². The molecule has 1 fully saturated rings. The number of nitriles is 1. The number of carboxylic acids is 1. The van der Waals surface area contributed by atoms with Crippen molar-refractivity contribution >= 4 is 11.7 Å². The van der Waals surface area contributed by atoms with Gasteiger partial charge in [-0.25, -0.2) is 0 Å². The number of aryl methyl sites for hydroxylation is 1. The molecule has 0 amide bonds. The topological polar surface area (TPSA) is 73.1 Å². The molecule has 0 radical (unpaired) electrons. The second-order valence-corrected chi connectivity index (χ2v) is 5.70. The molecule has 0 atom stereocenters. The lowest BCUT2D eigenvalue weighted by Gasteiger charge is -2.38. The smallest absolute Gasteiger partial charge is 0.305 e. The Balaban J connectivity index is 2.28. The van der Waals surface area contributed by atoms with Gasteiger partial charge < -0.3 is 10.4 Å². The number of anilines is 1. The highest BCUT2D eigenvalue weighted by Gasteiger charge is 2.34. The second kappa shape index (κ2) is 5.96. The van der Waals surface area contributed by atoms with Gasteiger partial charge in [0.05, 0.1) is 17.7 Å². The Hall–Kier alpha value is -2.02. The van der Waals surface area contributed by atoms with Crippen LogP contribution >= 0.6 is 0 Å². The van der Waals surface area contributed by atoms with Crippen LogP contribution in [0.5, 0.6) is 0 Å². The Morgan fingerprint density at radius 1 is 1.40 bits per heavy atom. The molecule has 20 heavy (non-hydrogen) atoms. The van der Waals surface area contributed by atoms with Gasteiger partial charge in [-0.15, -0.1) is 0 Å². The minimum Gasteiger partial charge on any atom is -0.481 e. The van der Waals surface area contributed by atoms with E-state index in [1.807, 2.05) is 25.1 Å². The molecule has 0 unspecified atom stereocenters. The van der Waals surface area contributed by atoms with Crippen molar-refractivity contribution in [1.29, 1.82) is 5.26 Å². The fourth-order valence-corrected chi connectivity index (χ4v) is 3.01. The van der Waals surface area contributed by atoms with Gasteiger partial charge in [-0.1, -0.05) is 25.3 Å². The van der Waals surface area contributed by atoms with Gasteiger partial charge in [0.25, 0.3) is 0 Å². The van der Waals surface area contributed by atoms with E-state index in [0.717, 1.165) is 43.4 Å². The molecule has 0 heterocycles. The second-order valence-electron chi connectivity index (χ2n) is 5.70. The molecule has 1 aliphatic rings. The first-order valence-corrected chi connectivity index (χ1v) is 7.05. The number of aliphatic carboxylic acids is 1. The molecular weight excluding hydrogens is 252 g/mol. The highest BCUT2D eigenvalue weighted by atomic mass is 16.4. The molecule has 1 aliphatic carbocycles. The number of nitrogens with one attached hydrogen (secondary N) is 1. The molecule has 2 rings (SSSR count). The molecular formula is C16H20N2O2. The van der Waals surface area contributed by atoms with Crippen molar-refractivity contribution in [3.63, 3.8) is 0 Å². The van der Waals surface area contributed by atoms with Crippen molar-refractivity contribution in [3.8, 4) is 6.07 Å². The van der Waals surface area contributed by atoms with E-state index in [9.17, 15) is 15.2 Å². The lowest BCUT2D eigenvalue weighted by Crippen LogP contribution is -2.42. The van der Waals surface area contributed by atoms with Crippen molar-refractivity contribution in [2.45, 2.75) is 51.0 Å². The van der Waals surface area contributed by atoms with Gasteiger partial charge in [0, 0.05) is 5.54 Å². The van der Waals surface area contributed by atoms with Crippen LogP contribution in [0, 0.1) is 18.3 Å². The first-order chi connectivity index (χ1) is 9.54. The van der Waals surface area contributed by atoms with Crippen LogP contribution in [-0.2, 0) is 4.79 Å². The Labute approximate surface area is 119 Å². The summed E-state index contributed by atoms with van der Waals surface area (Å²) in [5, 5.41) is 21.8. The van der Waals surface area contributed by atoms with Crippen LogP contribution in [0.25, 0.3) is 0 Å². The minimum absolute atomic E-state index is 0.103. The van der Waals surface area contributed by atoms with Crippen LogP contribution < -0.4 is 5.32 Å². The maximum Gasteiger partial charge on any atom is 0.305 e. The molecule has 2 N–H and O–H groups in total. The number of carbonyl (C=O) groups is 1. The van der Waals surface area contributed by atoms with E-state index in [4.69, 9.17) is 0 Å². The summed E-state index contributed by atoms with van der Waals surface area (Å²) in [6, 6.07) is 7.85. The van der Waals surface area contributed by atoms with E-state index in [-0.39, 0.29) is 6.42 Å². The summed E-state index contributed by atoms with van der Waals surface area (Å²) in [7, 11) is 0. The molecule has 0 aliphatic heterocycles. The zero-order valence-electron chi connectivity index (χ0n) is 11.8. The zero-order valence-corrected chi connectivity index (χ0v) is 11.8. The van der Waals surface area contributed by atoms with Gasteiger partial charge in [0.1, 0.15) is 6.07 Å². The van der Waals surface area contributed by atoms with E-state index in [1.165, 1.54) is 0 Å². The molecule has 4 nitrogen and oxygen atoms in total. The fourth-order valence-electron chi connectivity index (χ4n) is 3.01. The molecule has 1 aromatic rings. The average Bonchev–Trinajstić information content (AvgIpc) is 2.41. The molecule has 0 spiro atoms. The highest BCUT2D eigenvalue weighted by Crippen LogP contribution is 2.35. The van der Waals surface area contributed by atoms with Crippen molar-refractivity contribution in [1.82, 2.24) is 0 Å². The molecule has 0 saturated heterocycles. The number of carboxylic acid groups (broad SMARTS) is 1. The molecule has 0 aromatic heterocycles. The largest absolute Gasteiger partial charge is 0.481 e. The van der Waals surface area contributed by atoms with Crippen molar-refractivity contribution in [2.75, 3.05) is 5.32 Å². The monoisotopic (exact) mass is 272 g/mol. The zero-order chi connectivity index (χ0) is 14.6. The van der Waals surface area contributed by atoms with Crippen LogP contribution in [0.1, 0.15) is 49.7 Å². The summed E-state index contributed by atoms with van der Waals surface area (Å²) in [5.41, 5.74) is 1.95. The number of hydrogen-bond donors (Lipinski definition) is 2. The first kappa shape index (κ1) is 14.4. The van der Waals surface area contributed by atoms with E-state index < -0.39 is 11.5 Å². The third kappa shape index (κ3) is 3.30. The van der Waals surface area contributed by atoms with Gasteiger partial charge in [-0.2, -0.15) is 5.26 Å². The molecule has 106 valence electrons. The van der Waals surface area contributed by atoms with Gasteiger partial charge in [0.15, 0.2) is 0 Å². The van der Waals surface area contributed by atoms with Gasteiger partial charge in [-0.05, 0) is 37.5 Å². The van der Waals surface area contributed by atoms with Gasteiger partial charge in [0.2, 0.25) is 0 Å². The van der Waals surface area contributed by atoms with E-state index >= 15 is 0 Å². The Morgan fingerprint density at radius 2 is 2.10 bits per heavy atom. The molecule has 1 saturated carbocycles. The van der Waals surface area contributed by atoms with Crippen LogP contribution in [0.3, 0.4) is 0 Å². The third-order valence-electron chi connectivity index (χ3n) is 4.00. The molecule has 0 bridgehead atoms. The quantitative estimate of drug-likeness (QED) is 0.880. The number of nitrogens with zero attached hydrogens (tertiary/aromatic N) is 1. The number of rotatable bonds is 4.